The Morgan fingerprint density at radius 2 is 2.45 bits per heavy atom. The van der Waals surface area contributed by atoms with Gasteiger partial charge in [-0.15, -0.1) is 0 Å². The van der Waals surface area contributed by atoms with Gasteiger partial charge in [-0.3, -0.25) is 11.3 Å². The standard InChI is InChI=1S/C7H17N3S/c1-6(9-8)7-5-11-4-3-10(7)2/h6-7,9H,3-5,8H2,1-2H3. The summed E-state index contributed by atoms with van der Waals surface area (Å²) in [4.78, 5) is 2.38. The molecule has 4 heteroatoms. The van der Waals surface area contributed by atoms with E-state index < -0.39 is 0 Å². The molecule has 66 valence electrons. The van der Waals surface area contributed by atoms with Gasteiger partial charge in [0.1, 0.15) is 0 Å². The van der Waals surface area contributed by atoms with Crippen molar-refractivity contribution in [3.63, 3.8) is 0 Å². The summed E-state index contributed by atoms with van der Waals surface area (Å²) in [7, 11) is 2.16. The first-order valence-electron chi connectivity index (χ1n) is 4.00. The van der Waals surface area contributed by atoms with Crippen molar-refractivity contribution < 1.29 is 0 Å². The summed E-state index contributed by atoms with van der Waals surface area (Å²) in [6.45, 7) is 3.31. The molecule has 0 aliphatic carbocycles. The molecule has 11 heavy (non-hydrogen) atoms. The van der Waals surface area contributed by atoms with Crippen molar-refractivity contribution in [2.75, 3.05) is 25.1 Å². The highest BCUT2D eigenvalue weighted by Crippen LogP contribution is 2.16. The van der Waals surface area contributed by atoms with E-state index >= 15 is 0 Å². The molecule has 1 heterocycles. The zero-order chi connectivity index (χ0) is 8.27. The molecule has 3 nitrogen and oxygen atoms in total. The van der Waals surface area contributed by atoms with Crippen LogP contribution in [-0.4, -0.2) is 42.1 Å². The summed E-state index contributed by atoms with van der Waals surface area (Å²) in [5.74, 6) is 7.83. The molecule has 0 bridgehead atoms. The molecule has 0 amide bonds. The first-order valence-corrected chi connectivity index (χ1v) is 5.15. The normalized spacial score (nSPS) is 30.3. The lowest BCUT2D eigenvalue weighted by molar-refractivity contribution is 0.224. The molecule has 0 radical (unpaired) electrons. The third-order valence-electron chi connectivity index (χ3n) is 2.28. The highest BCUT2D eigenvalue weighted by molar-refractivity contribution is 7.99. The fraction of sp³-hybridized carbons (Fsp3) is 1.00. The summed E-state index contributed by atoms with van der Waals surface area (Å²) >= 11 is 2.01. The third-order valence-corrected chi connectivity index (χ3v) is 3.33. The van der Waals surface area contributed by atoms with E-state index in [1.807, 2.05) is 11.8 Å². The van der Waals surface area contributed by atoms with Gasteiger partial charge in [0.2, 0.25) is 0 Å². The van der Waals surface area contributed by atoms with Crippen LogP contribution in [0.5, 0.6) is 0 Å². The maximum absolute atomic E-state index is 5.38. The highest BCUT2D eigenvalue weighted by atomic mass is 32.2. The molecule has 0 aromatic heterocycles. The van der Waals surface area contributed by atoms with Crippen LogP contribution >= 0.6 is 11.8 Å². The number of thioether (sulfide) groups is 1. The lowest BCUT2D eigenvalue weighted by atomic mass is 10.1. The Morgan fingerprint density at radius 3 is 3.00 bits per heavy atom. The molecular weight excluding hydrogens is 158 g/mol. The van der Waals surface area contributed by atoms with Crippen LogP contribution in [0.2, 0.25) is 0 Å². The molecule has 1 aliphatic heterocycles. The maximum atomic E-state index is 5.38. The van der Waals surface area contributed by atoms with E-state index in [0.717, 1.165) is 0 Å². The molecule has 0 spiro atoms. The van der Waals surface area contributed by atoms with Crippen molar-refractivity contribution in [3.05, 3.63) is 0 Å². The molecule has 0 aromatic rings. The average molecular weight is 175 g/mol. The first-order chi connectivity index (χ1) is 5.25. The zero-order valence-electron chi connectivity index (χ0n) is 7.21. The van der Waals surface area contributed by atoms with Gasteiger partial charge in [-0.1, -0.05) is 0 Å². The van der Waals surface area contributed by atoms with Crippen LogP contribution in [0, 0.1) is 0 Å². The number of rotatable bonds is 2. The Balaban J connectivity index is 2.40. The van der Waals surface area contributed by atoms with E-state index in [4.69, 9.17) is 5.84 Å². The zero-order valence-corrected chi connectivity index (χ0v) is 8.03. The smallest absolute Gasteiger partial charge is 0.0347 e. The minimum Gasteiger partial charge on any atom is -0.300 e. The van der Waals surface area contributed by atoms with E-state index in [1.54, 1.807) is 0 Å². The Kier molecular flexibility index (Phi) is 3.65. The van der Waals surface area contributed by atoms with Gasteiger partial charge in [0.15, 0.2) is 0 Å². The van der Waals surface area contributed by atoms with Crippen LogP contribution < -0.4 is 11.3 Å². The van der Waals surface area contributed by atoms with Gasteiger partial charge in [0.05, 0.1) is 0 Å². The predicted molar refractivity (Wildman–Crippen MR) is 50.5 cm³/mol. The fourth-order valence-electron chi connectivity index (χ4n) is 1.34. The number of hydrogen-bond acceptors (Lipinski definition) is 4. The Hall–Kier alpha value is 0.230. The van der Waals surface area contributed by atoms with E-state index in [0.29, 0.717) is 12.1 Å². The third kappa shape index (κ3) is 2.33. The van der Waals surface area contributed by atoms with Crippen LogP contribution in [0.1, 0.15) is 6.92 Å². The average Bonchev–Trinajstić information content (AvgIpc) is 2.04. The van der Waals surface area contributed by atoms with Crippen molar-refractivity contribution in [2.24, 2.45) is 5.84 Å². The van der Waals surface area contributed by atoms with Gasteiger partial charge in [-0.25, -0.2) is 0 Å². The molecule has 2 atom stereocenters. The molecule has 2 unspecified atom stereocenters. The van der Waals surface area contributed by atoms with E-state index in [1.165, 1.54) is 18.1 Å². The van der Waals surface area contributed by atoms with Gasteiger partial charge < -0.3 is 4.90 Å². The number of likely N-dealkylation sites (N-methyl/N-ethyl adjacent to an activating group) is 1. The molecule has 0 saturated carbocycles. The minimum atomic E-state index is 0.396. The number of hydrazine groups is 1. The lowest BCUT2D eigenvalue weighted by Gasteiger charge is -2.35. The number of hydrogen-bond donors (Lipinski definition) is 2. The van der Waals surface area contributed by atoms with Gasteiger partial charge >= 0.3 is 0 Å². The topological polar surface area (TPSA) is 41.3 Å². The fourth-order valence-corrected chi connectivity index (χ4v) is 2.71. The summed E-state index contributed by atoms with van der Waals surface area (Å²) in [5, 5.41) is 0. The van der Waals surface area contributed by atoms with Gasteiger partial charge in [0, 0.05) is 30.1 Å². The summed E-state index contributed by atoms with van der Waals surface area (Å²) in [6.07, 6.45) is 0. The van der Waals surface area contributed by atoms with Crippen LogP contribution in [0.3, 0.4) is 0 Å². The highest BCUT2D eigenvalue weighted by Gasteiger charge is 2.23. The van der Waals surface area contributed by atoms with Crippen molar-refractivity contribution in [1.82, 2.24) is 10.3 Å². The summed E-state index contributed by atoms with van der Waals surface area (Å²) in [6, 6.07) is 0.992. The van der Waals surface area contributed by atoms with Crippen LogP contribution in [0.15, 0.2) is 0 Å². The van der Waals surface area contributed by atoms with E-state index in [9.17, 15) is 0 Å². The largest absolute Gasteiger partial charge is 0.300 e. The maximum Gasteiger partial charge on any atom is 0.0347 e. The molecule has 1 fully saturated rings. The van der Waals surface area contributed by atoms with Crippen LogP contribution in [-0.2, 0) is 0 Å². The molecule has 1 saturated heterocycles. The number of nitrogens with one attached hydrogen (secondary N) is 1. The van der Waals surface area contributed by atoms with Gasteiger partial charge in [0.25, 0.3) is 0 Å². The second kappa shape index (κ2) is 4.30. The van der Waals surface area contributed by atoms with Gasteiger partial charge in [-0.05, 0) is 14.0 Å². The van der Waals surface area contributed by atoms with E-state index in [2.05, 4.69) is 24.3 Å². The van der Waals surface area contributed by atoms with Crippen molar-refractivity contribution >= 4 is 11.8 Å². The first kappa shape index (κ1) is 9.32. The minimum absolute atomic E-state index is 0.396. The molecule has 0 aromatic carbocycles. The van der Waals surface area contributed by atoms with Crippen molar-refractivity contribution in [3.8, 4) is 0 Å². The van der Waals surface area contributed by atoms with Crippen LogP contribution in [0.25, 0.3) is 0 Å². The molecule has 1 rings (SSSR count). The van der Waals surface area contributed by atoms with Crippen molar-refractivity contribution in [2.45, 2.75) is 19.0 Å². The Bertz CT molecular complexity index is 116. The second-order valence-corrected chi connectivity index (χ2v) is 4.23. The quantitative estimate of drug-likeness (QED) is 0.454. The Labute approximate surface area is 72.7 Å². The second-order valence-electron chi connectivity index (χ2n) is 3.08. The van der Waals surface area contributed by atoms with Gasteiger partial charge in [-0.2, -0.15) is 11.8 Å². The predicted octanol–water partition coefficient (Wildman–Crippen LogP) is -0.115. The monoisotopic (exact) mass is 175 g/mol. The van der Waals surface area contributed by atoms with Crippen LogP contribution in [0.4, 0.5) is 0 Å². The Morgan fingerprint density at radius 1 is 1.73 bits per heavy atom. The number of nitrogens with zero attached hydrogens (tertiary/aromatic N) is 1. The molecule has 3 N–H and O–H groups in total. The lowest BCUT2D eigenvalue weighted by Crippen LogP contribution is -2.53. The summed E-state index contributed by atoms with van der Waals surface area (Å²) < 4.78 is 0. The molecular formula is C7H17N3S. The summed E-state index contributed by atoms with van der Waals surface area (Å²) in [5.41, 5.74) is 2.81. The molecule has 1 aliphatic rings. The number of nitrogens with two attached hydrogens (primary N) is 1. The SMILES string of the molecule is CC(NN)C1CSCCN1C. The van der Waals surface area contributed by atoms with E-state index in [-0.39, 0.29) is 0 Å². The van der Waals surface area contributed by atoms with Crippen molar-refractivity contribution in [1.29, 1.82) is 0 Å².